The molecule has 9 heteroatoms. The number of carbonyl (C=O) groups excluding carboxylic acids is 3. The zero-order valence-corrected chi connectivity index (χ0v) is 12.0. The Morgan fingerprint density at radius 3 is 2.70 bits per heavy atom. The summed E-state index contributed by atoms with van der Waals surface area (Å²) in [5, 5.41) is 4.91. The predicted molar refractivity (Wildman–Crippen MR) is 74.8 cm³/mol. The Morgan fingerprint density at radius 1 is 1.40 bits per heavy atom. The molecule has 0 bridgehead atoms. The molecule has 1 heterocycles. The van der Waals surface area contributed by atoms with Crippen molar-refractivity contribution in [2.45, 2.75) is 13.0 Å². The minimum atomic E-state index is -0.839. The van der Waals surface area contributed by atoms with E-state index in [9.17, 15) is 14.4 Å². The van der Waals surface area contributed by atoms with E-state index in [4.69, 9.17) is 10.5 Å². The zero-order valence-electron chi connectivity index (χ0n) is 11.2. The van der Waals surface area contributed by atoms with Crippen LogP contribution in [0.2, 0.25) is 0 Å². The molecule has 1 aliphatic rings. The van der Waals surface area contributed by atoms with E-state index in [0.717, 1.165) is 0 Å². The molecule has 1 atom stereocenters. The fourth-order valence-electron chi connectivity index (χ4n) is 1.73. The van der Waals surface area contributed by atoms with Crippen molar-refractivity contribution in [1.29, 1.82) is 0 Å². The van der Waals surface area contributed by atoms with Gasteiger partial charge in [0, 0.05) is 13.1 Å². The number of rotatable bonds is 4. The van der Waals surface area contributed by atoms with Gasteiger partial charge in [0.2, 0.25) is 5.91 Å². The number of ether oxygens (including phenoxy) is 1. The molecule has 1 aliphatic heterocycles. The number of thiocarbonyl (C=S) groups is 1. The summed E-state index contributed by atoms with van der Waals surface area (Å²) in [4.78, 5) is 36.8. The lowest BCUT2D eigenvalue weighted by atomic mass is 10.2. The number of nitrogens with one attached hydrogen (secondary N) is 2. The first-order valence-corrected chi connectivity index (χ1v) is 6.60. The number of nitrogens with zero attached hydrogens (tertiary/aromatic N) is 1. The van der Waals surface area contributed by atoms with E-state index in [1.807, 2.05) is 0 Å². The Kier molecular flexibility index (Phi) is 6.32. The molecular formula is C11H18N4O4S. The molecule has 0 radical (unpaired) electrons. The van der Waals surface area contributed by atoms with Gasteiger partial charge in [0.15, 0.2) is 0 Å². The molecule has 20 heavy (non-hydrogen) atoms. The number of likely N-dealkylation sites (N-methyl/N-ethyl adjacent to an activating group) is 1. The van der Waals surface area contributed by atoms with Crippen LogP contribution in [0.25, 0.3) is 0 Å². The first-order chi connectivity index (χ1) is 9.47. The molecule has 1 saturated heterocycles. The van der Waals surface area contributed by atoms with Crippen LogP contribution in [0.3, 0.4) is 0 Å². The summed E-state index contributed by atoms with van der Waals surface area (Å²) in [6.45, 7) is 2.68. The lowest BCUT2D eigenvalue weighted by Crippen LogP contribution is -2.59. The number of hydrogen-bond donors (Lipinski definition) is 3. The molecule has 4 N–H and O–H groups in total. The first-order valence-electron chi connectivity index (χ1n) is 6.20. The van der Waals surface area contributed by atoms with Crippen LogP contribution in [0.5, 0.6) is 0 Å². The second kappa shape index (κ2) is 7.75. The van der Waals surface area contributed by atoms with Gasteiger partial charge >= 0.3 is 11.8 Å². The summed E-state index contributed by atoms with van der Waals surface area (Å²) < 4.78 is 5.18. The van der Waals surface area contributed by atoms with Gasteiger partial charge in [-0.2, -0.15) is 0 Å². The van der Waals surface area contributed by atoms with Crippen LogP contribution in [0.1, 0.15) is 6.92 Å². The molecule has 3 amide bonds. The van der Waals surface area contributed by atoms with Crippen LogP contribution in [-0.2, 0) is 19.1 Å². The van der Waals surface area contributed by atoms with E-state index in [2.05, 4.69) is 22.9 Å². The second-order valence-corrected chi connectivity index (χ2v) is 4.66. The van der Waals surface area contributed by atoms with Crippen LogP contribution in [0.15, 0.2) is 0 Å². The number of amides is 3. The van der Waals surface area contributed by atoms with Crippen molar-refractivity contribution in [2.75, 3.05) is 32.8 Å². The van der Waals surface area contributed by atoms with Gasteiger partial charge in [0.1, 0.15) is 6.04 Å². The molecule has 0 aromatic heterocycles. The summed E-state index contributed by atoms with van der Waals surface area (Å²) in [5.41, 5.74) is 5.24. The number of morpholine rings is 1. The summed E-state index contributed by atoms with van der Waals surface area (Å²) >= 11 is 4.61. The maximum absolute atomic E-state index is 12.0. The van der Waals surface area contributed by atoms with Crippen LogP contribution in [0.4, 0.5) is 0 Å². The maximum Gasteiger partial charge on any atom is 0.312 e. The van der Waals surface area contributed by atoms with Crippen molar-refractivity contribution in [2.24, 2.45) is 5.73 Å². The maximum atomic E-state index is 12.0. The highest BCUT2D eigenvalue weighted by Gasteiger charge is 2.35. The third-order valence-corrected chi connectivity index (χ3v) is 2.80. The normalized spacial score (nSPS) is 18.2. The monoisotopic (exact) mass is 302 g/mol. The van der Waals surface area contributed by atoms with Crippen molar-refractivity contribution in [3.63, 3.8) is 0 Å². The first kappa shape index (κ1) is 16.3. The third-order valence-electron chi connectivity index (χ3n) is 2.66. The van der Waals surface area contributed by atoms with Crippen LogP contribution in [0, 0.1) is 0 Å². The van der Waals surface area contributed by atoms with Gasteiger partial charge in [0.05, 0.1) is 24.7 Å². The molecule has 0 aromatic carbocycles. The average molecular weight is 302 g/mol. The molecular weight excluding hydrogens is 284 g/mol. The van der Waals surface area contributed by atoms with Crippen LogP contribution >= 0.6 is 12.2 Å². The molecule has 1 rings (SSSR count). The fourth-order valence-corrected chi connectivity index (χ4v) is 1.80. The van der Waals surface area contributed by atoms with Gasteiger partial charge in [-0.3, -0.25) is 14.4 Å². The van der Waals surface area contributed by atoms with Crippen molar-refractivity contribution >= 4 is 34.9 Å². The Balaban J connectivity index is 2.69. The Bertz CT molecular complexity index is 415. The summed E-state index contributed by atoms with van der Waals surface area (Å²) in [6.07, 6.45) is 0. The smallest absolute Gasteiger partial charge is 0.312 e. The minimum Gasteiger partial charge on any atom is -0.392 e. The fraction of sp³-hybridized carbons (Fsp3) is 0.636. The van der Waals surface area contributed by atoms with E-state index >= 15 is 0 Å². The zero-order chi connectivity index (χ0) is 15.1. The predicted octanol–water partition coefficient (Wildman–Crippen LogP) is -2.25. The Hall–Kier alpha value is -1.74. The van der Waals surface area contributed by atoms with Gasteiger partial charge in [-0.1, -0.05) is 12.2 Å². The standard InChI is InChI=1S/C11H18N4O4S/c1-2-13-9(16)7-6-19-4-3-15(7)11(18)10(17)14-5-8(12)20/h7H,2-6H2,1H3,(H2,12,20)(H,13,16)(H,14,17). The van der Waals surface area contributed by atoms with Crippen molar-refractivity contribution in [3.8, 4) is 0 Å². The van der Waals surface area contributed by atoms with Crippen molar-refractivity contribution in [3.05, 3.63) is 0 Å². The van der Waals surface area contributed by atoms with E-state index < -0.39 is 17.9 Å². The molecule has 112 valence electrons. The number of nitrogens with two attached hydrogens (primary N) is 1. The van der Waals surface area contributed by atoms with Crippen molar-refractivity contribution in [1.82, 2.24) is 15.5 Å². The molecule has 0 aliphatic carbocycles. The summed E-state index contributed by atoms with van der Waals surface area (Å²) in [7, 11) is 0. The molecule has 1 unspecified atom stereocenters. The largest absolute Gasteiger partial charge is 0.392 e. The highest BCUT2D eigenvalue weighted by molar-refractivity contribution is 7.80. The lowest BCUT2D eigenvalue weighted by molar-refractivity contribution is -0.155. The quantitative estimate of drug-likeness (QED) is 0.399. The van der Waals surface area contributed by atoms with E-state index in [-0.39, 0.29) is 37.2 Å². The van der Waals surface area contributed by atoms with E-state index in [1.165, 1.54) is 4.90 Å². The molecule has 1 fully saturated rings. The lowest BCUT2D eigenvalue weighted by Gasteiger charge is -2.33. The number of hydrogen-bond acceptors (Lipinski definition) is 5. The molecule has 0 spiro atoms. The highest BCUT2D eigenvalue weighted by atomic mass is 32.1. The second-order valence-electron chi connectivity index (χ2n) is 4.13. The minimum absolute atomic E-state index is 0.0595. The van der Waals surface area contributed by atoms with Gasteiger partial charge in [-0.05, 0) is 6.92 Å². The summed E-state index contributed by atoms with van der Waals surface area (Å²) in [5.74, 6) is -1.97. The molecule has 0 aromatic rings. The van der Waals surface area contributed by atoms with Crippen LogP contribution < -0.4 is 16.4 Å². The third kappa shape index (κ3) is 4.42. The summed E-state index contributed by atoms with van der Waals surface area (Å²) in [6, 6.07) is -0.799. The van der Waals surface area contributed by atoms with E-state index in [0.29, 0.717) is 6.54 Å². The Morgan fingerprint density at radius 2 is 2.10 bits per heavy atom. The number of carbonyl (C=O) groups is 3. The van der Waals surface area contributed by atoms with Gasteiger partial charge in [0.25, 0.3) is 0 Å². The van der Waals surface area contributed by atoms with Crippen LogP contribution in [-0.4, -0.2) is 66.5 Å². The van der Waals surface area contributed by atoms with Crippen molar-refractivity contribution < 1.29 is 19.1 Å². The Labute approximate surface area is 122 Å². The molecule has 0 saturated carbocycles. The topological polar surface area (TPSA) is 114 Å². The van der Waals surface area contributed by atoms with Gasteiger partial charge in [-0.15, -0.1) is 0 Å². The molecule has 8 nitrogen and oxygen atoms in total. The van der Waals surface area contributed by atoms with Gasteiger partial charge in [-0.25, -0.2) is 0 Å². The average Bonchev–Trinajstić information content (AvgIpc) is 2.44. The van der Waals surface area contributed by atoms with E-state index in [1.54, 1.807) is 6.92 Å². The van der Waals surface area contributed by atoms with Gasteiger partial charge < -0.3 is 26.0 Å². The highest BCUT2D eigenvalue weighted by Crippen LogP contribution is 2.07. The SMILES string of the molecule is CCNC(=O)C1COCCN1C(=O)C(=O)NCC(N)=S.